The van der Waals surface area contributed by atoms with Crippen LogP contribution in [0, 0.1) is 5.82 Å². The lowest BCUT2D eigenvalue weighted by Crippen LogP contribution is -2.33. The van der Waals surface area contributed by atoms with Gasteiger partial charge in [0.1, 0.15) is 5.82 Å². The smallest absolute Gasteiger partial charge is 0.341 e. The fourth-order valence-electron chi connectivity index (χ4n) is 2.72. The maximum absolute atomic E-state index is 13.8. The topological polar surface area (TPSA) is 55.4 Å². The van der Waals surface area contributed by atoms with E-state index in [0.717, 1.165) is 17.2 Å². The van der Waals surface area contributed by atoms with Gasteiger partial charge in [0.05, 0.1) is 11.6 Å². The lowest BCUT2D eigenvalue weighted by Gasteiger charge is -2.20. The molecule has 0 unspecified atom stereocenters. The van der Waals surface area contributed by atoms with Crippen molar-refractivity contribution in [2.45, 2.75) is 6.04 Å². The number of esters is 1. The quantitative estimate of drug-likeness (QED) is 0.621. The molecule has 1 N–H and O–H groups in total. The molecule has 3 rings (SSSR count). The highest BCUT2D eigenvalue weighted by Crippen LogP contribution is 2.21. The van der Waals surface area contributed by atoms with Gasteiger partial charge in [0, 0.05) is 5.02 Å². The normalized spacial score (nSPS) is 10.5. The predicted molar refractivity (Wildman–Crippen MR) is 105 cm³/mol. The number of carbonyl (C=O) groups is 2. The second-order valence-electron chi connectivity index (χ2n) is 6.02. The first-order valence-electron chi connectivity index (χ1n) is 8.56. The number of ether oxygens (including phenoxy) is 1. The Morgan fingerprint density at radius 1 is 0.929 bits per heavy atom. The van der Waals surface area contributed by atoms with E-state index in [0.29, 0.717) is 0 Å². The van der Waals surface area contributed by atoms with Crippen molar-refractivity contribution in [2.24, 2.45) is 0 Å². The molecule has 0 aromatic heterocycles. The van der Waals surface area contributed by atoms with E-state index in [-0.39, 0.29) is 10.6 Å². The van der Waals surface area contributed by atoms with Crippen molar-refractivity contribution in [2.75, 3.05) is 6.61 Å². The van der Waals surface area contributed by atoms with Gasteiger partial charge in [-0.3, -0.25) is 4.79 Å². The summed E-state index contributed by atoms with van der Waals surface area (Å²) < 4.78 is 18.7. The zero-order chi connectivity index (χ0) is 19.9. The highest BCUT2D eigenvalue weighted by atomic mass is 35.5. The molecule has 0 aliphatic rings. The maximum Gasteiger partial charge on any atom is 0.341 e. The van der Waals surface area contributed by atoms with E-state index in [1.807, 2.05) is 60.7 Å². The van der Waals surface area contributed by atoms with Crippen LogP contribution in [0.15, 0.2) is 78.9 Å². The lowest BCUT2D eigenvalue weighted by molar-refractivity contribution is -0.124. The molecule has 0 spiro atoms. The third-order valence-electron chi connectivity index (χ3n) is 4.06. The summed E-state index contributed by atoms with van der Waals surface area (Å²) in [4.78, 5) is 24.4. The van der Waals surface area contributed by atoms with Gasteiger partial charge in [-0.1, -0.05) is 72.3 Å². The molecule has 0 bridgehead atoms. The number of rotatable bonds is 6. The van der Waals surface area contributed by atoms with E-state index in [1.165, 1.54) is 12.1 Å². The van der Waals surface area contributed by atoms with Crippen LogP contribution in [0.4, 0.5) is 4.39 Å². The summed E-state index contributed by atoms with van der Waals surface area (Å²) in [5, 5.41) is 3.02. The largest absolute Gasteiger partial charge is 0.452 e. The van der Waals surface area contributed by atoms with Gasteiger partial charge in [0.15, 0.2) is 6.61 Å². The summed E-state index contributed by atoms with van der Waals surface area (Å²) in [6, 6.07) is 22.1. The summed E-state index contributed by atoms with van der Waals surface area (Å²) in [6.07, 6.45) is 0. The van der Waals surface area contributed by atoms with Crippen molar-refractivity contribution >= 4 is 23.5 Å². The first-order chi connectivity index (χ1) is 13.5. The molecule has 1 amide bonds. The Labute approximate surface area is 166 Å². The number of amides is 1. The van der Waals surface area contributed by atoms with E-state index in [4.69, 9.17) is 16.3 Å². The van der Waals surface area contributed by atoms with Gasteiger partial charge < -0.3 is 10.1 Å². The Balaban J connectivity index is 1.68. The van der Waals surface area contributed by atoms with Crippen LogP contribution in [-0.4, -0.2) is 18.5 Å². The monoisotopic (exact) mass is 397 g/mol. The van der Waals surface area contributed by atoms with E-state index in [9.17, 15) is 14.0 Å². The average molecular weight is 398 g/mol. The third-order valence-corrected chi connectivity index (χ3v) is 4.29. The summed E-state index contributed by atoms with van der Waals surface area (Å²) in [5.74, 6) is -2.23. The van der Waals surface area contributed by atoms with Crippen molar-refractivity contribution < 1.29 is 18.7 Å². The zero-order valence-corrected chi connectivity index (χ0v) is 15.5. The van der Waals surface area contributed by atoms with E-state index in [2.05, 4.69) is 5.32 Å². The number of carbonyl (C=O) groups excluding carboxylic acids is 2. The van der Waals surface area contributed by atoms with Crippen LogP contribution in [0.2, 0.25) is 5.02 Å². The van der Waals surface area contributed by atoms with Crippen LogP contribution >= 0.6 is 11.6 Å². The van der Waals surface area contributed by atoms with Gasteiger partial charge in [-0.05, 0) is 29.3 Å². The first kappa shape index (κ1) is 19.6. The summed E-state index contributed by atoms with van der Waals surface area (Å²) >= 11 is 5.67. The predicted octanol–water partition coefficient (Wildman–Crippen LogP) is 4.54. The van der Waals surface area contributed by atoms with Gasteiger partial charge in [-0.25, -0.2) is 9.18 Å². The molecule has 0 aliphatic carbocycles. The Kier molecular flexibility index (Phi) is 6.40. The first-order valence-corrected chi connectivity index (χ1v) is 8.94. The van der Waals surface area contributed by atoms with Gasteiger partial charge in [0.2, 0.25) is 0 Å². The average Bonchev–Trinajstić information content (AvgIpc) is 2.71. The fraction of sp³-hybridized carbons (Fsp3) is 0.0909. The Morgan fingerprint density at radius 2 is 1.50 bits per heavy atom. The van der Waals surface area contributed by atoms with Gasteiger partial charge in [-0.15, -0.1) is 0 Å². The van der Waals surface area contributed by atoms with Crippen molar-refractivity contribution in [1.29, 1.82) is 0 Å². The van der Waals surface area contributed by atoms with Crippen LogP contribution in [-0.2, 0) is 9.53 Å². The number of nitrogens with one attached hydrogen (secondary N) is 1. The Bertz CT molecular complexity index is 925. The molecule has 0 aliphatic heterocycles. The van der Waals surface area contributed by atoms with E-state index >= 15 is 0 Å². The molecule has 0 radical (unpaired) electrons. The second-order valence-corrected chi connectivity index (χ2v) is 6.46. The number of hydrogen-bond donors (Lipinski definition) is 1. The van der Waals surface area contributed by atoms with Crippen LogP contribution < -0.4 is 5.32 Å². The molecule has 0 atom stereocenters. The molecule has 0 fully saturated rings. The van der Waals surface area contributed by atoms with Crippen LogP contribution in [0.5, 0.6) is 0 Å². The highest BCUT2D eigenvalue weighted by Gasteiger charge is 2.19. The van der Waals surface area contributed by atoms with Crippen molar-refractivity contribution in [3.63, 3.8) is 0 Å². The number of halogens is 2. The highest BCUT2D eigenvalue weighted by molar-refractivity contribution is 6.30. The minimum absolute atomic E-state index is 0.167. The molecule has 0 saturated carbocycles. The summed E-state index contributed by atoms with van der Waals surface area (Å²) in [7, 11) is 0. The van der Waals surface area contributed by atoms with Gasteiger partial charge >= 0.3 is 5.97 Å². The Morgan fingerprint density at radius 3 is 2.04 bits per heavy atom. The van der Waals surface area contributed by atoms with E-state index in [1.54, 1.807) is 0 Å². The molecule has 142 valence electrons. The number of hydrogen-bond acceptors (Lipinski definition) is 3. The minimum atomic E-state index is -0.930. The minimum Gasteiger partial charge on any atom is -0.452 e. The third kappa shape index (κ3) is 4.96. The summed E-state index contributed by atoms with van der Waals surface area (Å²) in [5.41, 5.74) is 1.49. The molecule has 28 heavy (non-hydrogen) atoms. The molecular weight excluding hydrogens is 381 g/mol. The van der Waals surface area contributed by atoms with Crippen molar-refractivity contribution in [3.05, 3.63) is 106 Å². The van der Waals surface area contributed by atoms with Crippen molar-refractivity contribution in [1.82, 2.24) is 5.32 Å². The van der Waals surface area contributed by atoms with Gasteiger partial charge in [-0.2, -0.15) is 0 Å². The van der Waals surface area contributed by atoms with Crippen LogP contribution in [0.3, 0.4) is 0 Å². The van der Waals surface area contributed by atoms with E-state index < -0.39 is 30.3 Å². The molecule has 3 aromatic carbocycles. The Hall–Kier alpha value is -3.18. The molecule has 0 heterocycles. The molecule has 3 aromatic rings. The molecule has 6 heteroatoms. The number of benzene rings is 3. The maximum atomic E-state index is 13.8. The SMILES string of the molecule is O=C(COC(=O)c1ccc(Cl)cc1F)NC(c1ccccc1)c1ccccc1. The molecule has 4 nitrogen and oxygen atoms in total. The molecule has 0 saturated heterocycles. The van der Waals surface area contributed by atoms with Crippen LogP contribution in [0.1, 0.15) is 27.5 Å². The van der Waals surface area contributed by atoms with Crippen LogP contribution in [0.25, 0.3) is 0 Å². The second kappa shape index (κ2) is 9.15. The van der Waals surface area contributed by atoms with Crippen molar-refractivity contribution in [3.8, 4) is 0 Å². The summed E-state index contributed by atoms with van der Waals surface area (Å²) in [6.45, 7) is -0.531. The fourth-order valence-corrected chi connectivity index (χ4v) is 2.88. The standard InChI is InChI=1S/C22H17ClFNO3/c23-17-11-12-18(19(24)13-17)22(27)28-14-20(26)25-21(15-7-3-1-4-8-15)16-9-5-2-6-10-16/h1-13,21H,14H2,(H,25,26). The lowest BCUT2D eigenvalue weighted by atomic mass is 9.99. The molecular formula is C22H17ClFNO3. The van der Waals surface area contributed by atoms with Gasteiger partial charge in [0.25, 0.3) is 5.91 Å². The zero-order valence-electron chi connectivity index (χ0n) is 14.8.